The molecule has 0 heterocycles. The average Bonchev–Trinajstić information content (AvgIpc) is 2.52. The minimum atomic E-state index is -0.824. The molecule has 23 heavy (non-hydrogen) atoms. The van der Waals surface area contributed by atoms with Crippen LogP contribution in [0.2, 0.25) is 5.02 Å². The van der Waals surface area contributed by atoms with Gasteiger partial charge in [0.05, 0.1) is 11.6 Å². The minimum absolute atomic E-state index is 0.100. The summed E-state index contributed by atoms with van der Waals surface area (Å²) in [4.78, 5) is 12.2. The number of hydrogen-bond donors (Lipinski definition) is 2. The summed E-state index contributed by atoms with van der Waals surface area (Å²) in [5, 5.41) is 12.0. The van der Waals surface area contributed by atoms with Crippen molar-refractivity contribution in [2.75, 3.05) is 5.32 Å². The van der Waals surface area contributed by atoms with E-state index in [-0.39, 0.29) is 23.3 Å². The van der Waals surface area contributed by atoms with Gasteiger partial charge in [-0.25, -0.2) is 4.39 Å². The average molecular weight is 338 g/mol. The van der Waals surface area contributed by atoms with Crippen LogP contribution < -0.4 is 10.1 Å². The zero-order chi connectivity index (χ0) is 17.0. The molecule has 0 aliphatic carbocycles. The van der Waals surface area contributed by atoms with Crippen molar-refractivity contribution in [2.24, 2.45) is 0 Å². The van der Waals surface area contributed by atoms with Crippen molar-refractivity contribution in [1.29, 1.82) is 0 Å². The van der Waals surface area contributed by atoms with Gasteiger partial charge in [-0.1, -0.05) is 23.7 Å². The standard InChI is InChI=1S/C17H17ClFNO3/c1-10-3-4-12(9-21)7-15(10)20-17(22)11(2)23-16-6-5-13(19)8-14(16)18/h3-8,11,21H,9H2,1-2H3,(H,20,22). The Kier molecular flexibility index (Phi) is 5.58. The summed E-state index contributed by atoms with van der Waals surface area (Å²) in [5.41, 5.74) is 2.16. The van der Waals surface area contributed by atoms with E-state index < -0.39 is 11.9 Å². The number of ether oxygens (including phenoxy) is 1. The van der Waals surface area contributed by atoms with Crippen molar-refractivity contribution < 1.29 is 19.0 Å². The smallest absolute Gasteiger partial charge is 0.265 e. The SMILES string of the molecule is Cc1ccc(CO)cc1NC(=O)C(C)Oc1ccc(F)cc1Cl. The molecule has 6 heteroatoms. The van der Waals surface area contributed by atoms with Gasteiger partial charge in [-0.3, -0.25) is 4.79 Å². The van der Waals surface area contributed by atoms with Crippen LogP contribution in [0.4, 0.5) is 10.1 Å². The normalized spacial score (nSPS) is 11.9. The Labute approximate surface area is 138 Å². The van der Waals surface area contributed by atoms with Crippen molar-refractivity contribution in [1.82, 2.24) is 0 Å². The van der Waals surface area contributed by atoms with Crippen LogP contribution in [-0.2, 0) is 11.4 Å². The topological polar surface area (TPSA) is 58.6 Å². The molecule has 1 amide bonds. The second-order valence-corrected chi connectivity index (χ2v) is 5.54. The van der Waals surface area contributed by atoms with Gasteiger partial charge in [0, 0.05) is 5.69 Å². The van der Waals surface area contributed by atoms with E-state index in [1.165, 1.54) is 12.1 Å². The third-order valence-corrected chi connectivity index (χ3v) is 3.60. The molecule has 0 bridgehead atoms. The number of carbonyl (C=O) groups is 1. The predicted molar refractivity (Wildman–Crippen MR) is 87.2 cm³/mol. The summed E-state index contributed by atoms with van der Waals surface area (Å²) in [5.74, 6) is -0.615. The first-order valence-corrected chi connectivity index (χ1v) is 7.41. The second-order valence-electron chi connectivity index (χ2n) is 5.13. The van der Waals surface area contributed by atoms with Gasteiger partial charge in [-0.15, -0.1) is 0 Å². The summed E-state index contributed by atoms with van der Waals surface area (Å²) >= 11 is 5.88. The maximum atomic E-state index is 13.0. The van der Waals surface area contributed by atoms with Crippen LogP contribution in [0.3, 0.4) is 0 Å². The number of aryl methyl sites for hydroxylation is 1. The molecule has 0 fully saturated rings. The van der Waals surface area contributed by atoms with E-state index in [0.29, 0.717) is 11.3 Å². The van der Waals surface area contributed by atoms with Gasteiger partial charge in [-0.2, -0.15) is 0 Å². The van der Waals surface area contributed by atoms with E-state index in [2.05, 4.69) is 5.32 Å². The first-order valence-electron chi connectivity index (χ1n) is 7.03. The van der Waals surface area contributed by atoms with Crippen molar-refractivity contribution in [3.05, 3.63) is 58.4 Å². The number of halogens is 2. The van der Waals surface area contributed by atoms with Gasteiger partial charge in [0.2, 0.25) is 0 Å². The van der Waals surface area contributed by atoms with Gasteiger partial charge in [0.1, 0.15) is 11.6 Å². The zero-order valence-corrected chi connectivity index (χ0v) is 13.5. The fraction of sp³-hybridized carbons (Fsp3) is 0.235. The highest BCUT2D eigenvalue weighted by atomic mass is 35.5. The summed E-state index contributed by atoms with van der Waals surface area (Å²) in [6.45, 7) is 3.31. The van der Waals surface area contributed by atoms with Crippen LogP contribution in [0.25, 0.3) is 0 Å². The number of rotatable bonds is 5. The molecule has 0 aliphatic rings. The van der Waals surface area contributed by atoms with Crippen molar-refractivity contribution in [2.45, 2.75) is 26.6 Å². The second kappa shape index (κ2) is 7.44. The lowest BCUT2D eigenvalue weighted by molar-refractivity contribution is -0.122. The van der Waals surface area contributed by atoms with Crippen LogP contribution in [0, 0.1) is 12.7 Å². The predicted octanol–water partition coefficient (Wildman–Crippen LogP) is 3.69. The van der Waals surface area contributed by atoms with Crippen LogP contribution in [-0.4, -0.2) is 17.1 Å². The van der Waals surface area contributed by atoms with E-state index in [0.717, 1.165) is 11.6 Å². The third-order valence-electron chi connectivity index (χ3n) is 3.31. The fourth-order valence-corrected chi connectivity index (χ4v) is 2.16. The first-order chi connectivity index (χ1) is 10.9. The number of amides is 1. The van der Waals surface area contributed by atoms with Gasteiger partial charge >= 0.3 is 0 Å². The molecule has 4 nitrogen and oxygen atoms in total. The van der Waals surface area contributed by atoms with E-state index >= 15 is 0 Å². The highest BCUT2D eigenvalue weighted by molar-refractivity contribution is 6.32. The van der Waals surface area contributed by atoms with E-state index in [1.807, 2.05) is 13.0 Å². The number of hydrogen-bond acceptors (Lipinski definition) is 3. The summed E-state index contributed by atoms with van der Waals surface area (Å²) in [6.07, 6.45) is -0.824. The van der Waals surface area contributed by atoms with Crippen LogP contribution in [0.5, 0.6) is 5.75 Å². The highest BCUT2D eigenvalue weighted by Gasteiger charge is 2.17. The fourth-order valence-electron chi connectivity index (χ4n) is 1.95. The summed E-state index contributed by atoms with van der Waals surface area (Å²) in [6, 6.07) is 8.99. The molecule has 2 aromatic carbocycles. The maximum Gasteiger partial charge on any atom is 0.265 e. The quantitative estimate of drug-likeness (QED) is 0.875. The van der Waals surface area contributed by atoms with Gasteiger partial charge < -0.3 is 15.2 Å². The van der Waals surface area contributed by atoms with Crippen LogP contribution >= 0.6 is 11.6 Å². The number of nitrogens with one attached hydrogen (secondary N) is 1. The van der Waals surface area contributed by atoms with Crippen molar-refractivity contribution in [3.63, 3.8) is 0 Å². The molecule has 2 aromatic rings. The Morgan fingerprint density at radius 1 is 1.35 bits per heavy atom. The maximum absolute atomic E-state index is 13.0. The Hall–Kier alpha value is -2.11. The molecule has 0 saturated heterocycles. The molecule has 122 valence electrons. The molecule has 0 saturated carbocycles. The van der Waals surface area contributed by atoms with Gasteiger partial charge in [0.25, 0.3) is 5.91 Å². The number of aliphatic hydroxyl groups is 1. The molecule has 1 unspecified atom stereocenters. The Balaban J connectivity index is 2.08. The largest absolute Gasteiger partial charge is 0.479 e. The first kappa shape index (κ1) is 17.2. The molecule has 0 radical (unpaired) electrons. The van der Waals surface area contributed by atoms with E-state index in [1.54, 1.807) is 19.1 Å². The van der Waals surface area contributed by atoms with Gasteiger partial charge in [0.15, 0.2) is 6.10 Å². The van der Waals surface area contributed by atoms with Crippen LogP contribution in [0.1, 0.15) is 18.1 Å². The Morgan fingerprint density at radius 3 is 2.74 bits per heavy atom. The van der Waals surface area contributed by atoms with Crippen molar-refractivity contribution in [3.8, 4) is 5.75 Å². The number of benzene rings is 2. The summed E-state index contributed by atoms with van der Waals surface area (Å²) in [7, 11) is 0. The van der Waals surface area contributed by atoms with Gasteiger partial charge in [-0.05, 0) is 49.2 Å². The lowest BCUT2D eigenvalue weighted by Gasteiger charge is -2.17. The zero-order valence-electron chi connectivity index (χ0n) is 12.8. The highest BCUT2D eigenvalue weighted by Crippen LogP contribution is 2.26. The molecular formula is C17H17ClFNO3. The molecule has 2 rings (SSSR count). The third kappa shape index (κ3) is 4.43. The number of aliphatic hydroxyl groups excluding tert-OH is 1. The van der Waals surface area contributed by atoms with Crippen molar-refractivity contribution >= 4 is 23.2 Å². The monoisotopic (exact) mass is 337 g/mol. The molecule has 2 N–H and O–H groups in total. The molecule has 0 aliphatic heterocycles. The number of anilines is 1. The number of carbonyl (C=O) groups excluding carboxylic acids is 1. The lowest BCUT2D eigenvalue weighted by Crippen LogP contribution is -2.30. The molecule has 0 aromatic heterocycles. The van der Waals surface area contributed by atoms with Crippen LogP contribution in [0.15, 0.2) is 36.4 Å². The lowest BCUT2D eigenvalue weighted by atomic mass is 10.1. The Bertz CT molecular complexity index is 721. The Morgan fingerprint density at radius 2 is 2.09 bits per heavy atom. The summed E-state index contributed by atoms with van der Waals surface area (Å²) < 4.78 is 18.5. The minimum Gasteiger partial charge on any atom is -0.479 e. The van der Waals surface area contributed by atoms with E-state index in [9.17, 15) is 9.18 Å². The van der Waals surface area contributed by atoms with E-state index in [4.69, 9.17) is 21.4 Å². The molecular weight excluding hydrogens is 321 g/mol. The molecule has 1 atom stereocenters. The molecule has 0 spiro atoms.